The van der Waals surface area contributed by atoms with E-state index in [1.165, 1.54) is 31.1 Å². The van der Waals surface area contributed by atoms with Crippen LogP contribution in [0.2, 0.25) is 0 Å². The summed E-state index contributed by atoms with van der Waals surface area (Å²) in [6, 6.07) is 4.64. The largest absolute Gasteiger partial charge is 0.508 e. The standard InChI is InChI=1S/C33H50N2O10/c1-4-5-6-9-12-15-25(36)16-13-10-7-8-11-14-17-27(33(43,32(41)42)23-29(38)35-45-3)30(39)34-28(31(40)44-2)22-24-18-20-26(37)21-19-24/h14,17-21,27-28,37,43H,4-13,15-16,22-23H2,1-3H3,(H,34,39)(H,35,38)(H,41,42)/b17-14+/t27-,28+,33+/m1/s1. The zero-order valence-electron chi connectivity index (χ0n) is 26.7. The predicted molar refractivity (Wildman–Crippen MR) is 167 cm³/mol. The lowest BCUT2D eigenvalue weighted by atomic mass is 9.82. The number of ketones is 1. The third-order valence-corrected chi connectivity index (χ3v) is 7.46. The van der Waals surface area contributed by atoms with Crippen LogP contribution in [0.25, 0.3) is 0 Å². The first kappa shape index (κ1) is 39.3. The molecule has 0 saturated heterocycles. The first-order valence-corrected chi connectivity index (χ1v) is 15.6. The van der Waals surface area contributed by atoms with Crippen LogP contribution >= 0.6 is 0 Å². The van der Waals surface area contributed by atoms with E-state index in [1.54, 1.807) is 18.2 Å². The number of nitrogens with one attached hydrogen (secondary N) is 2. The fourth-order valence-corrected chi connectivity index (χ4v) is 4.86. The molecule has 0 spiro atoms. The number of ether oxygens (including phenoxy) is 1. The van der Waals surface area contributed by atoms with E-state index in [9.17, 15) is 39.3 Å². The van der Waals surface area contributed by atoms with Crippen LogP contribution in [0.3, 0.4) is 0 Å². The second-order valence-electron chi connectivity index (χ2n) is 11.2. The number of unbranched alkanes of at least 4 members (excludes halogenated alkanes) is 8. The third-order valence-electron chi connectivity index (χ3n) is 7.46. The van der Waals surface area contributed by atoms with Crippen LogP contribution in [-0.2, 0) is 40.0 Å². The number of esters is 1. The number of hydroxylamine groups is 1. The van der Waals surface area contributed by atoms with Gasteiger partial charge in [0.1, 0.15) is 17.6 Å². The van der Waals surface area contributed by atoms with Crippen molar-refractivity contribution in [2.75, 3.05) is 14.2 Å². The average Bonchev–Trinajstić information content (AvgIpc) is 3.00. The van der Waals surface area contributed by atoms with Gasteiger partial charge in [0.05, 0.1) is 26.6 Å². The van der Waals surface area contributed by atoms with Crippen LogP contribution in [-0.4, -0.2) is 70.7 Å². The molecule has 0 saturated carbocycles. The topological polar surface area (TPSA) is 189 Å². The number of Topliss-reactive ketones (excluding diaryl/α,β-unsaturated/α-hetero) is 1. The summed E-state index contributed by atoms with van der Waals surface area (Å²) in [4.78, 5) is 67.1. The molecule has 0 aliphatic carbocycles. The predicted octanol–water partition coefficient (Wildman–Crippen LogP) is 3.92. The zero-order chi connectivity index (χ0) is 33.7. The van der Waals surface area contributed by atoms with E-state index < -0.39 is 47.7 Å². The number of aromatic hydroxyl groups is 1. The number of phenols is 1. The molecule has 0 fully saturated rings. The van der Waals surface area contributed by atoms with Gasteiger partial charge in [0.2, 0.25) is 11.8 Å². The Morgan fingerprint density at radius 3 is 2.07 bits per heavy atom. The van der Waals surface area contributed by atoms with Crippen molar-refractivity contribution in [3.05, 3.63) is 42.0 Å². The molecule has 0 aromatic heterocycles. The van der Waals surface area contributed by atoms with Gasteiger partial charge in [-0.05, 0) is 43.4 Å². The number of carbonyl (C=O) groups is 5. The molecule has 0 unspecified atom stereocenters. The smallest absolute Gasteiger partial charge is 0.337 e. The number of benzene rings is 1. The number of allylic oxidation sites excluding steroid dienone is 1. The lowest BCUT2D eigenvalue weighted by Crippen LogP contribution is -2.56. The van der Waals surface area contributed by atoms with Gasteiger partial charge in [0, 0.05) is 19.3 Å². The van der Waals surface area contributed by atoms with Crippen LogP contribution < -0.4 is 10.8 Å². The molecule has 45 heavy (non-hydrogen) atoms. The summed E-state index contributed by atoms with van der Waals surface area (Å²) in [7, 11) is 2.26. The van der Waals surface area contributed by atoms with Crippen LogP contribution in [0.15, 0.2) is 36.4 Å². The minimum absolute atomic E-state index is 0.00474. The Balaban J connectivity index is 2.91. The number of hydrogen-bond donors (Lipinski definition) is 5. The molecule has 5 N–H and O–H groups in total. The molecule has 0 radical (unpaired) electrons. The van der Waals surface area contributed by atoms with Crippen molar-refractivity contribution in [3.8, 4) is 5.75 Å². The van der Waals surface area contributed by atoms with E-state index in [2.05, 4.69) is 17.1 Å². The third kappa shape index (κ3) is 15.2. The van der Waals surface area contributed by atoms with Gasteiger partial charge in [-0.2, -0.15) is 0 Å². The molecule has 1 aromatic carbocycles. The first-order chi connectivity index (χ1) is 21.5. The number of aliphatic hydroxyl groups is 1. The molecule has 0 aliphatic heterocycles. The zero-order valence-corrected chi connectivity index (χ0v) is 26.7. The summed E-state index contributed by atoms with van der Waals surface area (Å²) >= 11 is 0. The maximum absolute atomic E-state index is 13.5. The maximum Gasteiger partial charge on any atom is 0.337 e. The average molecular weight is 635 g/mol. The second kappa shape index (κ2) is 21.9. The van der Waals surface area contributed by atoms with Gasteiger partial charge in [-0.3, -0.25) is 19.2 Å². The highest BCUT2D eigenvalue weighted by Crippen LogP contribution is 2.26. The van der Waals surface area contributed by atoms with Crippen LogP contribution in [0.5, 0.6) is 5.75 Å². The van der Waals surface area contributed by atoms with Crippen molar-refractivity contribution in [1.29, 1.82) is 0 Å². The highest BCUT2D eigenvalue weighted by atomic mass is 16.6. The van der Waals surface area contributed by atoms with E-state index >= 15 is 0 Å². The molecule has 3 atom stereocenters. The van der Waals surface area contributed by atoms with Crippen molar-refractivity contribution in [1.82, 2.24) is 10.8 Å². The lowest BCUT2D eigenvalue weighted by Gasteiger charge is -2.30. The number of carbonyl (C=O) groups excluding carboxylic acids is 4. The summed E-state index contributed by atoms with van der Waals surface area (Å²) < 4.78 is 4.81. The monoisotopic (exact) mass is 634 g/mol. The quantitative estimate of drug-likeness (QED) is 0.0482. The number of rotatable bonds is 24. The van der Waals surface area contributed by atoms with Crippen molar-refractivity contribution >= 4 is 29.5 Å². The van der Waals surface area contributed by atoms with Gasteiger partial charge < -0.3 is 25.4 Å². The molecule has 0 aliphatic rings. The summed E-state index contributed by atoms with van der Waals surface area (Å²) in [6.07, 6.45) is 12.0. The van der Waals surface area contributed by atoms with Gasteiger partial charge in [0.15, 0.2) is 5.60 Å². The number of amides is 2. The summed E-state index contributed by atoms with van der Waals surface area (Å²) in [5.74, 6) is -6.10. The number of phenolic OH excluding ortho intramolecular Hbond substituents is 1. The van der Waals surface area contributed by atoms with E-state index in [0.717, 1.165) is 52.7 Å². The molecule has 12 heteroatoms. The van der Waals surface area contributed by atoms with E-state index in [-0.39, 0.29) is 18.0 Å². The molecule has 12 nitrogen and oxygen atoms in total. The van der Waals surface area contributed by atoms with E-state index in [4.69, 9.17) is 4.74 Å². The van der Waals surface area contributed by atoms with Gasteiger partial charge in [-0.25, -0.2) is 15.1 Å². The van der Waals surface area contributed by atoms with E-state index in [0.29, 0.717) is 31.2 Å². The Morgan fingerprint density at radius 2 is 1.51 bits per heavy atom. The number of hydrogen-bond acceptors (Lipinski definition) is 9. The number of carboxylic acid groups (broad SMARTS) is 1. The summed E-state index contributed by atoms with van der Waals surface area (Å²) in [5.41, 5.74) is -0.367. The Bertz CT molecular complexity index is 1110. The van der Waals surface area contributed by atoms with E-state index in [1.807, 2.05) is 5.48 Å². The normalized spacial score (nSPS) is 13.9. The fraction of sp³-hybridized carbons (Fsp3) is 0.606. The Labute approximate surface area is 265 Å². The molecule has 1 rings (SSSR count). The Morgan fingerprint density at radius 1 is 0.911 bits per heavy atom. The van der Waals surface area contributed by atoms with Gasteiger partial charge in [-0.15, -0.1) is 0 Å². The molecular weight excluding hydrogens is 584 g/mol. The van der Waals surface area contributed by atoms with Crippen LogP contribution in [0, 0.1) is 5.92 Å². The number of carboxylic acids is 1. The molecule has 1 aromatic rings. The second-order valence-corrected chi connectivity index (χ2v) is 11.2. The fourth-order valence-electron chi connectivity index (χ4n) is 4.86. The lowest BCUT2D eigenvalue weighted by molar-refractivity contribution is -0.171. The number of aliphatic carboxylic acids is 1. The van der Waals surface area contributed by atoms with Crippen LogP contribution in [0.4, 0.5) is 0 Å². The number of methoxy groups -OCH3 is 1. The maximum atomic E-state index is 13.5. The minimum atomic E-state index is -2.88. The summed E-state index contributed by atoms with van der Waals surface area (Å²) in [6.45, 7) is 2.15. The highest BCUT2D eigenvalue weighted by Gasteiger charge is 2.49. The van der Waals surface area contributed by atoms with Crippen molar-refractivity contribution < 1.29 is 48.9 Å². The van der Waals surface area contributed by atoms with Crippen LogP contribution in [0.1, 0.15) is 96.0 Å². The first-order valence-electron chi connectivity index (χ1n) is 15.6. The van der Waals surface area contributed by atoms with Gasteiger partial charge >= 0.3 is 11.9 Å². The minimum Gasteiger partial charge on any atom is -0.508 e. The molecule has 252 valence electrons. The SMILES string of the molecule is CCCCCCCC(=O)CCCCCC/C=C/[C@H](C(=O)N[C@@H](Cc1ccc(O)cc1)C(=O)OC)[C@@](O)(CC(=O)NOC)C(=O)O. The van der Waals surface area contributed by atoms with Crippen molar-refractivity contribution in [3.63, 3.8) is 0 Å². The summed E-state index contributed by atoms with van der Waals surface area (Å²) in [5, 5.41) is 33.1. The molecule has 2 amide bonds. The van der Waals surface area contributed by atoms with Gasteiger partial charge in [0.25, 0.3) is 0 Å². The highest BCUT2D eigenvalue weighted by molar-refractivity contribution is 5.95. The van der Waals surface area contributed by atoms with Gasteiger partial charge in [-0.1, -0.05) is 69.7 Å². The molecule has 0 heterocycles. The van der Waals surface area contributed by atoms with Crippen molar-refractivity contribution in [2.24, 2.45) is 5.92 Å². The molecular formula is C33H50N2O10. The Hall–Kier alpha value is -3.77. The molecule has 0 bridgehead atoms. The van der Waals surface area contributed by atoms with Crippen molar-refractivity contribution in [2.45, 2.75) is 108 Å². The Kier molecular flexibility index (Phi) is 19.1.